The van der Waals surface area contributed by atoms with Crippen LogP contribution >= 0.6 is 0 Å². The minimum Gasteiger partial charge on any atom is -0.492 e. The molecular weight excluding hydrogens is 485 g/mol. The number of hydrogen-bond donors (Lipinski definition) is 2. The summed E-state index contributed by atoms with van der Waals surface area (Å²) in [7, 11) is 3.91. The number of benzene rings is 1. The zero-order valence-corrected chi connectivity index (χ0v) is 21.2. The van der Waals surface area contributed by atoms with Gasteiger partial charge in [-0.3, -0.25) is 15.1 Å². The smallest absolute Gasteiger partial charge is 0.181 e. The van der Waals surface area contributed by atoms with Gasteiger partial charge in [0.05, 0.1) is 16.6 Å². The van der Waals surface area contributed by atoms with Gasteiger partial charge in [0.1, 0.15) is 35.7 Å². The summed E-state index contributed by atoms with van der Waals surface area (Å²) in [5.41, 5.74) is 5.46. The molecule has 0 unspecified atom stereocenters. The first-order chi connectivity index (χ1) is 18.4. The van der Waals surface area contributed by atoms with Crippen LogP contribution in [0.3, 0.4) is 0 Å². The Bertz CT molecular complexity index is 1680. The van der Waals surface area contributed by atoms with E-state index in [0.717, 1.165) is 22.0 Å². The molecule has 10 nitrogen and oxygen atoms in total. The molecule has 0 saturated heterocycles. The molecular formula is C27H26FN9O. The summed E-state index contributed by atoms with van der Waals surface area (Å²) in [5, 5.41) is 8.16. The Morgan fingerprint density at radius 1 is 1.21 bits per heavy atom. The summed E-state index contributed by atoms with van der Waals surface area (Å²) in [6.07, 6.45) is 6.46. The monoisotopic (exact) mass is 511 g/mol. The largest absolute Gasteiger partial charge is 0.492 e. The molecule has 2 N–H and O–H groups in total. The van der Waals surface area contributed by atoms with Crippen LogP contribution in [0.5, 0.6) is 5.75 Å². The van der Waals surface area contributed by atoms with Crippen molar-refractivity contribution >= 4 is 40.7 Å². The number of nitrogens with one attached hydrogen (secondary N) is 2. The van der Waals surface area contributed by atoms with Crippen molar-refractivity contribution < 1.29 is 9.13 Å². The number of aromatic nitrogens is 6. The maximum Gasteiger partial charge on any atom is 0.181 e. The van der Waals surface area contributed by atoms with Gasteiger partial charge < -0.3 is 14.6 Å². The van der Waals surface area contributed by atoms with E-state index in [1.807, 2.05) is 38.1 Å². The van der Waals surface area contributed by atoms with Gasteiger partial charge in [-0.05, 0) is 63.1 Å². The number of imidazole rings is 1. The zero-order chi connectivity index (χ0) is 26.6. The molecule has 5 aromatic rings. The highest BCUT2D eigenvalue weighted by atomic mass is 19.1. The van der Waals surface area contributed by atoms with Crippen molar-refractivity contribution in [2.45, 2.75) is 6.92 Å². The second-order valence-corrected chi connectivity index (χ2v) is 8.92. The molecule has 1 aromatic carbocycles. The SMILES string of the molecule is C=NC=N/C=C(\C)c1cnc2n[nH]c(-c3nc4c(-c5cc(F)cc(OCCN(C)C)c5)nccc4[nH]3)c2c1. The third-order valence-electron chi connectivity index (χ3n) is 5.87. The van der Waals surface area contributed by atoms with Crippen LogP contribution in [0.4, 0.5) is 4.39 Å². The normalized spacial score (nSPS) is 12.3. The molecule has 0 spiro atoms. The number of allylic oxidation sites excluding steroid dienone is 1. The van der Waals surface area contributed by atoms with Crippen LogP contribution < -0.4 is 4.74 Å². The van der Waals surface area contributed by atoms with E-state index in [4.69, 9.17) is 9.72 Å². The van der Waals surface area contributed by atoms with Crippen LogP contribution in [0, 0.1) is 5.82 Å². The Labute approximate surface area is 218 Å². The van der Waals surface area contributed by atoms with E-state index >= 15 is 0 Å². The highest BCUT2D eigenvalue weighted by molar-refractivity contribution is 5.96. The average Bonchev–Trinajstić information content (AvgIpc) is 3.51. The van der Waals surface area contributed by atoms with Gasteiger partial charge in [-0.2, -0.15) is 5.10 Å². The fourth-order valence-electron chi connectivity index (χ4n) is 3.96. The van der Waals surface area contributed by atoms with Gasteiger partial charge in [0.25, 0.3) is 0 Å². The van der Waals surface area contributed by atoms with Crippen LogP contribution in [0.2, 0.25) is 0 Å². The molecule has 4 aromatic heterocycles. The van der Waals surface area contributed by atoms with Gasteiger partial charge in [0.15, 0.2) is 11.5 Å². The van der Waals surface area contributed by atoms with Crippen LogP contribution in [0.1, 0.15) is 12.5 Å². The van der Waals surface area contributed by atoms with E-state index in [2.05, 4.69) is 41.9 Å². The molecule has 0 fully saturated rings. The molecule has 0 aliphatic rings. The summed E-state index contributed by atoms with van der Waals surface area (Å²) in [6.45, 7) is 6.47. The minimum absolute atomic E-state index is 0.410. The van der Waals surface area contributed by atoms with Crippen molar-refractivity contribution in [1.29, 1.82) is 0 Å². The second kappa shape index (κ2) is 10.7. The van der Waals surface area contributed by atoms with Crippen LogP contribution in [0.15, 0.2) is 58.9 Å². The predicted molar refractivity (Wildman–Crippen MR) is 148 cm³/mol. The third-order valence-corrected chi connectivity index (χ3v) is 5.87. The number of aromatic amines is 2. The number of fused-ring (bicyclic) bond motifs is 2. The number of halogens is 1. The molecule has 192 valence electrons. The number of rotatable bonds is 9. The van der Waals surface area contributed by atoms with E-state index in [1.165, 1.54) is 18.5 Å². The van der Waals surface area contributed by atoms with Crippen molar-refractivity contribution in [1.82, 2.24) is 35.0 Å². The zero-order valence-electron chi connectivity index (χ0n) is 21.2. The molecule has 0 saturated carbocycles. The Morgan fingerprint density at radius 2 is 2.08 bits per heavy atom. The highest BCUT2D eigenvalue weighted by Gasteiger charge is 2.17. The molecule has 0 aliphatic carbocycles. The predicted octanol–water partition coefficient (Wildman–Crippen LogP) is 4.73. The Kier molecular flexibility index (Phi) is 7.00. The molecule has 0 atom stereocenters. The van der Waals surface area contributed by atoms with Crippen molar-refractivity contribution in [3.63, 3.8) is 0 Å². The number of hydrogen-bond acceptors (Lipinski definition) is 7. The lowest BCUT2D eigenvalue weighted by molar-refractivity contribution is 0.260. The first kappa shape index (κ1) is 24.9. The summed E-state index contributed by atoms with van der Waals surface area (Å²) in [5.74, 6) is 0.586. The molecule has 38 heavy (non-hydrogen) atoms. The van der Waals surface area contributed by atoms with Crippen LogP contribution in [0.25, 0.3) is 50.4 Å². The molecule has 0 aliphatic heterocycles. The van der Waals surface area contributed by atoms with E-state index < -0.39 is 5.82 Å². The van der Waals surface area contributed by atoms with Crippen molar-refractivity contribution in [3.8, 4) is 28.5 Å². The molecule has 0 amide bonds. The molecule has 0 bridgehead atoms. The summed E-state index contributed by atoms with van der Waals surface area (Å²) < 4.78 is 20.3. The Morgan fingerprint density at radius 3 is 2.89 bits per heavy atom. The van der Waals surface area contributed by atoms with Gasteiger partial charge >= 0.3 is 0 Å². The maximum atomic E-state index is 14.5. The lowest BCUT2D eigenvalue weighted by Crippen LogP contribution is -2.19. The van der Waals surface area contributed by atoms with Crippen molar-refractivity contribution in [3.05, 3.63) is 60.3 Å². The second-order valence-electron chi connectivity index (χ2n) is 8.92. The van der Waals surface area contributed by atoms with E-state index in [0.29, 0.717) is 52.8 Å². The Hall–Kier alpha value is -4.77. The molecule has 4 heterocycles. The molecule has 5 rings (SSSR count). The van der Waals surface area contributed by atoms with E-state index in [9.17, 15) is 4.39 Å². The summed E-state index contributed by atoms with van der Waals surface area (Å²) >= 11 is 0. The lowest BCUT2D eigenvalue weighted by Gasteiger charge is -2.12. The topological polar surface area (TPSA) is 120 Å². The van der Waals surface area contributed by atoms with Gasteiger partial charge in [0, 0.05) is 36.8 Å². The molecule has 11 heteroatoms. The Balaban J connectivity index is 1.54. The van der Waals surface area contributed by atoms with Gasteiger partial charge in [-0.25, -0.2) is 19.4 Å². The number of aliphatic imine (C=N–C) groups is 2. The molecule has 0 radical (unpaired) electrons. The number of likely N-dealkylation sites (N-methyl/N-ethyl adjacent to an activating group) is 1. The van der Waals surface area contributed by atoms with Crippen molar-refractivity contribution in [2.24, 2.45) is 9.98 Å². The quantitative estimate of drug-likeness (QED) is 0.218. The fraction of sp³-hybridized carbons (Fsp3) is 0.185. The standard InChI is InChI=1S/C27H26FN9O/c1-16(13-30-15-29-2)18-11-21-24(35-36-26(21)32-14-18)27-33-22-5-6-31-23(25(22)34-27)17-9-19(28)12-20(10-17)38-8-7-37(3)4/h5-6,9-15H,2,7-8H2,1,3-4H3,(H,33,34)(H,32,35,36)/b16-13+,30-15?. The summed E-state index contributed by atoms with van der Waals surface area (Å²) in [4.78, 5) is 26.8. The van der Waals surface area contributed by atoms with Gasteiger partial charge in [-0.15, -0.1) is 0 Å². The average molecular weight is 512 g/mol. The van der Waals surface area contributed by atoms with Crippen molar-refractivity contribution in [2.75, 3.05) is 27.2 Å². The minimum atomic E-state index is -0.410. The first-order valence-corrected chi connectivity index (χ1v) is 11.9. The fourth-order valence-corrected chi connectivity index (χ4v) is 3.96. The number of H-pyrrole nitrogens is 2. The van der Waals surface area contributed by atoms with Gasteiger partial charge in [0.2, 0.25) is 0 Å². The van der Waals surface area contributed by atoms with E-state index in [-0.39, 0.29) is 0 Å². The van der Waals surface area contributed by atoms with Crippen LogP contribution in [-0.2, 0) is 0 Å². The van der Waals surface area contributed by atoms with E-state index in [1.54, 1.807) is 24.7 Å². The first-order valence-electron chi connectivity index (χ1n) is 11.9. The third kappa shape index (κ3) is 5.18. The lowest BCUT2D eigenvalue weighted by atomic mass is 10.1. The summed E-state index contributed by atoms with van der Waals surface area (Å²) in [6, 6.07) is 8.36. The number of ether oxygens (including phenoxy) is 1. The maximum absolute atomic E-state index is 14.5. The highest BCUT2D eigenvalue weighted by Crippen LogP contribution is 2.32. The van der Waals surface area contributed by atoms with Gasteiger partial charge in [-0.1, -0.05) is 0 Å². The number of pyridine rings is 2. The number of nitrogens with zero attached hydrogens (tertiary/aromatic N) is 7. The van der Waals surface area contributed by atoms with Crippen LogP contribution in [-0.4, -0.2) is 75.3 Å².